The van der Waals surface area contributed by atoms with Gasteiger partial charge in [0.2, 0.25) is 0 Å². The Kier molecular flexibility index (Phi) is 3.90. The number of halogens is 6. The molecule has 2 nitrogen and oxygen atoms in total. The van der Waals surface area contributed by atoms with Gasteiger partial charge in [-0.3, -0.25) is 4.98 Å². The summed E-state index contributed by atoms with van der Waals surface area (Å²) in [5.41, 5.74) is -6.00. The number of rotatable bonds is 3. The Morgan fingerprint density at radius 1 is 0.909 bits per heavy atom. The summed E-state index contributed by atoms with van der Waals surface area (Å²) in [5, 5.41) is 10.2. The minimum absolute atomic E-state index is 0.631. The van der Waals surface area contributed by atoms with E-state index in [2.05, 4.69) is 4.98 Å². The predicted octanol–water partition coefficient (Wildman–Crippen LogP) is 3.65. The number of alkyl halides is 5. The van der Waals surface area contributed by atoms with E-state index in [9.17, 15) is 31.4 Å². The first kappa shape index (κ1) is 16.3. The zero-order valence-electron chi connectivity index (χ0n) is 10.8. The van der Waals surface area contributed by atoms with Gasteiger partial charge in [-0.25, -0.2) is 4.39 Å². The lowest BCUT2D eigenvalue weighted by Crippen LogP contribution is -2.56. The molecular formula is C14H9F6NO. The highest BCUT2D eigenvalue weighted by Gasteiger charge is 2.71. The molecule has 2 aromatic rings. The lowest BCUT2D eigenvalue weighted by molar-refractivity contribution is -0.337. The molecule has 0 aliphatic carbocycles. The maximum Gasteiger partial charge on any atom is 0.457 e. The summed E-state index contributed by atoms with van der Waals surface area (Å²) in [4.78, 5) is 3.42. The predicted molar refractivity (Wildman–Crippen MR) is 64.6 cm³/mol. The molecule has 118 valence electrons. The molecule has 0 radical (unpaired) electrons. The van der Waals surface area contributed by atoms with E-state index >= 15 is 0 Å². The topological polar surface area (TPSA) is 33.1 Å². The Hall–Kier alpha value is -2.09. The van der Waals surface area contributed by atoms with Crippen LogP contribution >= 0.6 is 0 Å². The van der Waals surface area contributed by atoms with Crippen molar-refractivity contribution < 1.29 is 31.4 Å². The van der Waals surface area contributed by atoms with E-state index in [1.807, 2.05) is 0 Å². The fraction of sp³-hybridized carbons (Fsp3) is 0.214. The van der Waals surface area contributed by atoms with Crippen molar-refractivity contribution in [1.82, 2.24) is 4.98 Å². The summed E-state index contributed by atoms with van der Waals surface area (Å²) in [5.74, 6) is -7.02. The average Bonchev–Trinajstić information content (AvgIpc) is 2.46. The van der Waals surface area contributed by atoms with Gasteiger partial charge in [0, 0.05) is 23.5 Å². The Bertz CT molecular complexity index is 658. The molecule has 2 rings (SSSR count). The summed E-state index contributed by atoms with van der Waals surface area (Å²) >= 11 is 0. The molecule has 1 heterocycles. The van der Waals surface area contributed by atoms with Crippen LogP contribution in [0.25, 0.3) is 0 Å². The van der Waals surface area contributed by atoms with Crippen molar-refractivity contribution >= 4 is 0 Å². The highest BCUT2D eigenvalue weighted by Crippen LogP contribution is 2.51. The maximum absolute atomic E-state index is 14.0. The largest absolute Gasteiger partial charge is 0.457 e. The highest BCUT2D eigenvalue weighted by molar-refractivity contribution is 5.39. The van der Waals surface area contributed by atoms with Crippen molar-refractivity contribution in [3.8, 4) is 0 Å². The Balaban J connectivity index is 2.80. The minimum atomic E-state index is -6.10. The molecule has 0 fully saturated rings. The first-order valence-electron chi connectivity index (χ1n) is 5.95. The first-order valence-corrected chi connectivity index (χ1v) is 5.95. The van der Waals surface area contributed by atoms with Gasteiger partial charge in [0.1, 0.15) is 5.82 Å². The maximum atomic E-state index is 14.0. The molecule has 0 saturated heterocycles. The van der Waals surface area contributed by atoms with Crippen LogP contribution in [-0.2, 0) is 5.60 Å². The van der Waals surface area contributed by atoms with Gasteiger partial charge in [-0.05, 0) is 12.1 Å². The molecule has 0 spiro atoms. The second kappa shape index (κ2) is 5.28. The van der Waals surface area contributed by atoms with Crippen molar-refractivity contribution in [2.24, 2.45) is 0 Å². The Morgan fingerprint density at radius 3 is 2.05 bits per heavy atom. The smallest absolute Gasteiger partial charge is 0.374 e. The number of nitrogens with zero attached hydrogens (tertiary/aromatic N) is 1. The van der Waals surface area contributed by atoms with Gasteiger partial charge in [0.15, 0.2) is 5.60 Å². The van der Waals surface area contributed by atoms with Crippen molar-refractivity contribution in [3.05, 3.63) is 65.7 Å². The number of pyridine rings is 1. The van der Waals surface area contributed by atoms with Gasteiger partial charge in [-0.15, -0.1) is 0 Å². The zero-order valence-corrected chi connectivity index (χ0v) is 10.8. The van der Waals surface area contributed by atoms with Gasteiger partial charge in [-0.1, -0.05) is 24.3 Å². The fourth-order valence-corrected chi connectivity index (χ4v) is 2.04. The Labute approximate surface area is 121 Å². The molecule has 1 unspecified atom stereocenters. The third-order valence-electron chi connectivity index (χ3n) is 3.15. The third kappa shape index (κ3) is 2.33. The summed E-state index contributed by atoms with van der Waals surface area (Å²) < 4.78 is 80.1. The molecule has 1 atom stereocenters. The normalized spacial score (nSPS) is 15.4. The number of benzene rings is 1. The van der Waals surface area contributed by atoms with E-state index < -0.39 is 34.6 Å². The average molecular weight is 321 g/mol. The first-order chi connectivity index (χ1) is 10.1. The lowest BCUT2D eigenvalue weighted by atomic mass is 9.81. The number of hydrogen-bond acceptors (Lipinski definition) is 2. The van der Waals surface area contributed by atoms with Crippen molar-refractivity contribution in [2.45, 2.75) is 17.7 Å². The van der Waals surface area contributed by atoms with Crippen LogP contribution in [0.2, 0.25) is 0 Å². The van der Waals surface area contributed by atoms with Crippen LogP contribution in [0.15, 0.2) is 48.8 Å². The summed E-state index contributed by atoms with van der Waals surface area (Å²) in [7, 11) is 0. The van der Waals surface area contributed by atoms with Crippen LogP contribution in [0.1, 0.15) is 11.1 Å². The van der Waals surface area contributed by atoms with Crippen LogP contribution < -0.4 is 0 Å². The van der Waals surface area contributed by atoms with E-state index in [1.165, 1.54) is 0 Å². The highest BCUT2D eigenvalue weighted by atomic mass is 19.4. The van der Waals surface area contributed by atoms with Crippen molar-refractivity contribution in [1.29, 1.82) is 0 Å². The quantitative estimate of drug-likeness (QED) is 0.875. The van der Waals surface area contributed by atoms with Crippen molar-refractivity contribution in [3.63, 3.8) is 0 Å². The number of aromatic nitrogens is 1. The van der Waals surface area contributed by atoms with E-state index in [0.717, 1.165) is 30.5 Å². The van der Waals surface area contributed by atoms with Crippen LogP contribution in [0.3, 0.4) is 0 Å². The van der Waals surface area contributed by atoms with Crippen LogP contribution in [0.5, 0.6) is 0 Å². The van der Waals surface area contributed by atoms with E-state index in [1.54, 1.807) is 0 Å². The molecule has 1 aromatic carbocycles. The molecule has 22 heavy (non-hydrogen) atoms. The summed E-state index contributed by atoms with van der Waals surface area (Å²) in [6.45, 7) is 0. The van der Waals surface area contributed by atoms with Gasteiger partial charge in [0.05, 0.1) is 0 Å². The molecular weight excluding hydrogens is 312 g/mol. The molecule has 0 bridgehead atoms. The van der Waals surface area contributed by atoms with Crippen molar-refractivity contribution in [2.75, 3.05) is 0 Å². The molecule has 0 saturated carbocycles. The fourth-order valence-electron chi connectivity index (χ4n) is 2.04. The van der Waals surface area contributed by atoms with Gasteiger partial charge < -0.3 is 5.11 Å². The number of aliphatic hydroxyl groups is 1. The van der Waals surface area contributed by atoms with Crippen LogP contribution in [-0.4, -0.2) is 22.2 Å². The van der Waals surface area contributed by atoms with E-state index in [-0.39, 0.29) is 0 Å². The van der Waals surface area contributed by atoms with Gasteiger partial charge in [0.25, 0.3) is 0 Å². The Morgan fingerprint density at radius 2 is 1.55 bits per heavy atom. The zero-order chi connectivity index (χ0) is 16.6. The molecule has 0 aliphatic rings. The molecule has 1 N–H and O–H groups in total. The number of hydrogen-bond donors (Lipinski definition) is 1. The molecule has 0 aliphatic heterocycles. The minimum Gasteiger partial charge on any atom is -0.374 e. The molecule has 1 aromatic heterocycles. The lowest BCUT2D eigenvalue weighted by Gasteiger charge is -2.37. The van der Waals surface area contributed by atoms with E-state index in [0.29, 0.717) is 18.3 Å². The van der Waals surface area contributed by atoms with Crippen LogP contribution in [0, 0.1) is 5.82 Å². The summed E-state index contributed by atoms with van der Waals surface area (Å²) in [6, 6.07) is 5.39. The SMILES string of the molecule is OC(c1cccnc1)(c1ccccc1F)C(F)(F)C(F)(F)F. The monoisotopic (exact) mass is 321 g/mol. The van der Waals surface area contributed by atoms with Gasteiger partial charge >= 0.3 is 12.1 Å². The van der Waals surface area contributed by atoms with Gasteiger partial charge in [-0.2, -0.15) is 22.0 Å². The second-order valence-corrected chi connectivity index (χ2v) is 4.50. The molecule has 0 amide bonds. The molecule has 8 heteroatoms. The van der Waals surface area contributed by atoms with E-state index in [4.69, 9.17) is 0 Å². The third-order valence-corrected chi connectivity index (χ3v) is 3.15. The van der Waals surface area contributed by atoms with Crippen LogP contribution in [0.4, 0.5) is 26.3 Å². The summed E-state index contributed by atoms with van der Waals surface area (Å²) in [6.07, 6.45) is -4.34. The standard InChI is InChI=1S/C14H9F6NO/c15-11-6-2-1-5-10(11)12(22,9-4-3-7-21-8-9)13(16,17)14(18,19)20/h1-8,22H. The second-order valence-electron chi connectivity index (χ2n) is 4.50.